The highest BCUT2D eigenvalue weighted by molar-refractivity contribution is 6.52. The number of hydrogen-bond acceptors (Lipinski definition) is 4. The molecule has 110 valence electrons. The number of amides is 2. The van der Waals surface area contributed by atoms with Gasteiger partial charge >= 0.3 is 0 Å². The first-order valence-corrected chi connectivity index (χ1v) is 6.56. The average Bonchev–Trinajstić information content (AvgIpc) is 2.74. The first kappa shape index (κ1) is 13.8. The summed E-state index contributed by atoms with van der Waals surface area (Å²) in [7, 11) is 0. The van der Waals surface area contributed by atoms with Crippen LogP contribution in [0.3, 0.4) is 0 Å². The third kappa shape index (κ3) is 2.10. The molecule has 0 saturated heterocycles. The highest BCUT2D eigenvalue weighted by atomic mass is 16.3. The summed E-state index contributed by atoms with van der Waals surface area (Å²) in [6.07, 6.45) is 0. The second kappa shape index (κ2) is 5.00. The Kier molecular flexibility index (Phi) is 3.14. The minimum Gasteiger partial charge on any atom is -0.508 e. The van der Waals surface area contributed by atoms with E-state index in [0.717, 1.165) is 0 Å². The molecule has 6 nitrogen and oxygen atoms in total. The lowest BCUT2D eigenvalue weighted by Crippen LogP contribution is -2.29. The number of fused-ring (bicyclic) bond motifs is 1. The number of para-hydroxylation sites is 1. The number of Topliss-reactive ketones (excluding diaryl/α,β-unsaturated/α-hetero) is 1. The van der Waals surface area contributed by atoms with E-state index in [2.05, 4.69) is 0 Å². The number of aromatic hydroxyl groups is 1. The van der Waals surface area contributed by atoms with E-state index in [9.17, 15) is 19.5 Å². The van der Waals surface area contributed by atoms with Gasteiger partial charge in [-0.05, 0) is 24.3 Å². The summed E-state index contributed by atoms with van der Waals surface area (Å²) in [5, 5.41) is 9.80. The van der Waals surface area contributed by atoms with Gasteiger partial charge in [0.1, 0.15) is 5.75 Å². The Morgan fingerprint density at radius 1 is 1.14 bits per heavy atom. The zero-order valence-corrected chi connectivity index (χ0v) is 11.4. The van der Waals surface area contributed by atoms with Crippen LogP contribution in [0.25, 0.3) is 0 Å². The number of primary amides is 1. The van der Waals surface area contributed by atoms with Crippen molar-refractivity contribution in [1.82, 2.24) is 0 Å². The van der Waals surface area contributed by atoms with E-state index in [-0.39, 0.29) is 23.4 Å². The molecule has 6 heteroatoms. The van der Waals surface area contributed by atoms with Gasteiger partial charge in [-0.25, -0.2) is 0 Å². The van der Waals surface area contributed by atoms with E-state index >= 15 is 0 Å². The predicted octanol–water partition coefficient (Wildman–Crippen LogP) is 1.22. The van der Waals surface area contributed by atoms with Crippen LogP contribution >= 0.6 is 0 Å². The van der Waals surface area contributed by atoms with Gasteiger partial charge in [-0.15, -0.1) is 0 Å². The summed E-state index contributed by atoms with van der Waals surface area (Å²) in [5.74, 6) is -2.00. The van der Waals surface area contributed by atoms with Crippen LogP contribution in [-0.4, -0.2) is 22.7 Å². The zero-order valence-electron chi connectivity index (χ0n) is 11.4. The maximum absolute atomic E-state index is 12.1. The van der Waals surface area contributed by atoms with Gasteiger partial charge in [0.2, 0.25) is 5.91 Å². The molecule has 0 radical (unpaired) electrons. The molecule has 2 aromatic carbocycles. The SMILES string of the molecule is NC(=O)c1ccc2c(c1)C(=O)C(=O)N2Cc1ccccc1O. The van der Waals surface area contributed by atoms with Crippen molar-refractivity contribution in [3.63, 3.8) is 0 Å². The number of anilines is 1. The maximum Gasteiger partial charge on any atom is 0.299 e. The van der Waals surface area contributed by atoms with Crippen molar-refractivity contribution in [2.75, 3.05) is 4.90 Å². The predicted molar refractivity (Wildman–Crippen MR) is 78.6 cm³/mol. The molecule has 0 spiro atoms. The normalized spacial score (nSPS) is 13.4. The van der Waals surface area contributed by atoms with Gasteiger partial charge in [0.25, 0.3) is 11.7 Å². The zero-order chi connectivity index (χ0) is 15.9. The Bertz CT molecular complexity index is 814. The van der Waals surface area contributed by atoms with Gasteiger partial charge in [0.15, 0.2) is 0 Å². The quantitative estimate of drug-likeness (QED) is 0.831. The first-order valence-electron chi connectivity index (χ1n) is 6.56. The molecule has 1 heterocycles. The molecule has 0 aromatic heterocycles. The number of nitrogens with two attached hydrogens (primary N) is 1. The molecule has 0 aliphatic carbocycles. The highest BCUT2D eigenvalue weighted by Crippen LogP contribution is 2.32. The van der Waals surface area contributed by atoms with Gasteiger partial charge in [-0.3, -0.25) is 14.4 Å². The minimum absolute atomic E-state index is 0.0463. The molecular formula is C16H12N2O4. The molecule has 2 amide bonds. The lowest BCUT2D eigenvalue weighted by atomic mass is 10.1. The van der Waals surface area contributed by atoms with Crippen LogP contribution in [0.15, 0.2) is 42.5 Å². The summed E-state index contributed by atoms with van der Waals surface area (Å²) in [6.45, 7) is 0.0696. The first-order chi connectivity index (χ1) is 10.5. The van der Waals surface area contributed by atoms with Crippen LogP contribution in [0.2, 0.25) is 0 Å². The van der Waals surface area contributed by atoms with E-state index in [4.69, 9.17) is 5.73 Å². The molecule has 3 N–H and O–H groups in total. The number of benzene rings is 2. The van der Waals surface area contributed by atoms with E-state index in [1.165, 1.54) is 29.2 Å². The smallest absolute Gasteiger partial charge is 0.299 e. The summed E-state index contributed by atoms with van der Waals surface area (Å²) in [5.41, 5.74) is 6.43. The van der Waals surface area contributed by atoms with Gasteiger partial charge in [0, 0.05) is 11.1 Å². The summed E-state index contributed by atoms with van der Waals surface area (Å²) >= 11 is 0. The number of carbonyl (C=O) groups is 3. The molecule has 0 bridgehead atoms. The van der Waals surface area contributed by atoms with E-state index in [0.29, 0.717) is 11.3 Å². The highest BCUT2D eigenvalue weighted by Gasteiger charge is 2.36. The third-order valence-corrected chi connectivity index (χ3v) is 3.58. The Hall–Kier alpha value is -3.15. The van der Waals surface area contributed by atoms with Crippen molar-refractivity contribution in [3.8, 4) is 5.75 Å². The maximum atomic E-state index is 12.1. The fourth-order valence-electron chi connectivity index (χ4n) is 2.43. The molecule has 1 aliphatic rings. The van der Waals surface area contributed by atoms with Gasteiger partial charge in [-0.2, -0.15) is 0 Å². The van der Waals surface area contributed by atoms with Crippen molar-refractivity contribution < 1.29 is 19.5 Å². The largest absolute Gasteiger partial charge is 0.508 e. The minimum atomic E-state index is -0.695. The van der Waals surface area contributed by atoms with E-state index < -0.39 is 17.6 Å². The lowest BCUT2D eigenvalue weighted by Gasteiger charge is -2.17. The van der Waals surface area contributed by atoms with Crippen molar-refractivity contribution in [2.45, 2.75) is 6.54 Å². The number of rotatable bonds is 3. The second-order valence-corrected chi connectivity index (χ2v) is 4.95. The Labute approximate surface area is 125 Å². The van der Waals surface area contributed by atoms with Gasteiger partial charge < -0.3 is 15.7 Å². The lowest BCUT2D eigenvalue weighted by molar-refractivity contribution is -0.114. The van der Waals surface area contributed by atoms with E-state index in [1.807, 2.05) is 0 Å². The van der Waals surface area contributed by atoms with Crippen LogP contribution in [0.1, 0.15) is 26.3 Å². The van der Waals surface area contributed by atoms with Gasteiger partial charge in [-0.1, -0.05) is 18.2 Å². The number of ketones is 1. The average molecular weight is 296 g/mol. The van der Waals surface area contributed by atoms with Crippen LogP contribution in [-0.2, 0) is 11.3 Å². The molecule has 1 aliphatic heterocycles. The van der Waals surface area contributed by atoms with Crippen LogP contribution in [0.5, 0.6) is 5.75 Å². The van der Waals surface area contributed by atoms with Gasteiger partial charge in [0.05, 0.1) is 17.8 Å². The number of nitrogens with zero attached hydrogens (tertiary/aromatic N) is 1. The summed E-state index contributed by atoms with van der Waals surface area (Å²) in [4.78, 5) is 36.6. The Morgan fingerprint density at radius 3 is 2.55 bits per heavy atom. The standard InChI is InChI=1S/C16H12N2O4/c17-15(21)9-5-6-12-11(7-9)14(20)16(22)18(12)8-10-3-1-2-4-13(10)19/h1-7,19H,8H2,(H2,17,21). The monoisotopic (exact) mass is 296 g/mol. The number of phenolic OH excluding ortho intramolecular Hbond substituents is 1. The second-order valence-electron chi connectivity index (χ2n) is 4.95. The molecule has 22 heavy (non-hydrogen) atoms. The third-order valence-electron chi connectivity index (χ3n) is 3.58. The number of phenols is 1. The fourth-order valence-corrected chi connectivity index (χ4v) is 2.43. The molecule has 0 atom stereocenters. The number of carbonyl (C=O) groups excluding carboxylic acids is 3. The number of hydrogen-bond donors (Lipinski definition) is 2. The fraction of sp³-hybridized carbons (Fsp3) is 0.0625. The summed E-state index contributed by atoms with van der Waals surface area (Å²) in [6, 6.07) is 10.9. The van der Waals surface area contributed by atoms with Crippen molar-refractivity contribution >= 4 is 23.3 Å². The molecule has 3 rings (SSSR count). The van der Waals surface area contributed by atoms with Crippen LogP contribution in [0.4, 0.5) is 5.69 Å². The molecule has 0 unspecified atom stereocenters. The van der Waals surface area contributed by atoms with Crippen LogP contribution in [0, 0.1) is 0 Å². The topological polar surface area (TPSA) is 101 Å². The van der Waals surface area contributed by atoms with Crippen molar-refractivity contribution in [1.29, 1.82) is 0 Å². The molecule has 0 saturated carbocycles. The molecule has 2 aromatic rings. The van der Waals surface area contributed by atoms with E-state index in [1.54, 1.807) is 18.2 Å². The molecule has 0 fully saturated rings. The Balaban J connectivity index is 2.02. The summed E-state index contributed by atoms with van der Waals surface area (Å²) < 4.78 is 0. The Morgan fingerprint density at radius 2 is 1.86 bits per heavy atom. The molecular weight excluding hydrogens is 284 g/mol. The van der Waals surface area contributed by atoms with Crippen molar-refractivity contribution in [3.05, 3.63) is 59.2 Å². The van der Waals surface area contributed by atoms with Crippen molar-refractivity contribution in [2.24, 2.45) is 5.73 Å². The van der Waals surface area contributed by atoms with Crippen LogP contribution < -0.4 is 10.6 Å².